The predicted molar refractivity (Wildman–Crippen MR) is 129 cm³/mol. The van der Waals surface area contributed by atoms with Crippen LogP contribution in [0.2, 0.25) is 0 Å². The zero-order valence-electron chi connectivity index (χ0n) is 17.7. The number of aryl methyl sites for hydroxylation is 2. The average Bonchev–Trinajstić information content (AvgIpc) is 3.32. The average molecular weight is 452 g/mol. The van der Waals surface area contributed by atoms with Crippen molar-refractivity contribution in [2.75, 3.05) is 31.1 Å². The van der Waals surface area contributed by atoms with E-state index in [4.69, 9.17) is 4.98 Å². The number of aromatic nitrogens is 3. The summed E-state index contributed by atoms with van der Waals surface area (Å²) in [6, 6.07) is 8.34. The van der Waals surface area contributed by atoms with Gasteiger partial charge in [-0.25, -0.2) is 9.97 Å². The monoisotopic (exact) mass is 451 g/mol. The number of anilines is 1. The molecule has 1 aliphatic rings. The minimum Gasteiger partial charge on any atom is -0.347 e. The summed E-state index contributed by atoms with van der Waals surface area (Å²) >= 11 is 3.29. The number of fused-ring (bicyclic) bond motifs is 1. The van der Waals surface area contributed by atoms with E-state index >= 15 is 0 Å². The van der Waals surface area contributed by atoms with E-state index in [1.54, 1.807) is 22.7 Å². The van der Waals surface area contributed by atoms with Crippen molar-refractivity contribution >= 4 is 38.0 Å². The van der Waals surface area contributed by atoms with Crippen LogP contribution in [-0.4, -0.2) is 46.0 Å². The molecule has 0 radical (unpaired) electrons. The van der Waals surface area contributed by atoms with Gasteiger partial charge in [-0.05, 0) is 25.8 Å². The van der Waals surface area contributed by atoms with Gasteiger partial charge in [0.25, 0.3) is 5.56 Å². The second-order valence-corrected chi connectivity index (χ2v) is 10.1. The van der Waals surface area contributed by atoms with Crippen LogP contribution in [0.15, 0.2) is 40.6 Å². The van der Waals surface area contributed by atoms with E-state index in [-0.39, 0.29) is 5.56 Å². The maximum Gasteiger partial charge on any atom is 0.260 e. The lowest BCUT2D eigenvalue weighted by molar-refractivity contribution is 0.278. The molecule has 6 nitrogen and oxygen atoms in total. The Kier molecular flexibility index (Phi) is 5.60. The molecule has 31 heavy (non-hydrogen) atoms. The Morgan fingerprint density at radius 2 is 1.94 bits per heavy atom. The van der Waals surface area contributed by atoms with E-state index in [9.17, 15) is 4.79 Å². The zero-order valence-corrected chi connectivity index (χ0v) is 19.4. The number of nitrogens with one attached hydrogen (secondary N) is 1. The van der Waals surface area contributed by atoms with Crippen molar-refractivity contribution in [2.45, 2.75) is 26.8 Å². The van der Waals surface area contributed by atoms with Crippen LogP contribution in [0.4, 0.5) is 5.13 Å². The molecular formula is C23H25N5OS2. The SMILES string of the molecule is Cc1ccc(-c2c(C)sc3nc(CN4CCCN(c5nccs5)CC4)[nH]c(=O)c23)cc1. The number of nitrogens with zero attached hydrogens (tertiary/aromatic N) is 4. The van der Waals surface area contributed by atoms with E-state index in [2.05, 4.69) is 57.9 Å². The molecule has 1 saturated heterocycles. The van der Waals surface area contributed by atoms with Crippen molar-refractivity contribution in [3.05, 3.63) is 62.5 Å². The number of thiophene rings is 1. The lowest BCUT2D eigenvalue weighted by atomic mass is 10.0. The number of hydrogen-bond donors (Lipinski definition) is 1. The van der Waals surface area contributed by atoms with Crippen LogP contribution in [-0.2, 0) is 6.54 Å². The Bertz CT molecular complexity index is 1240. The van der Waals surface area contributed by atoms with Gasteiger partial charge in [0.15, 0.2) is 5.13 Å². The molecule has 160 valence electrons. The molecule has 1 fully saturated rings. The van der Waals surface area contributed by atoms with Gasteiger partial charge in [-0.2, -0.15) is 0 Å². The maximum absolute atomic E-state index is 13.1. The van der Waals surface area contributed by atoms with Crippen LogP contribution >= 0.6 is 22.7 Å². The molecule has 0 bridgehead atoms. The lowest BCUT2D eigenvalue weighted by Crippen LogP contribution is -2.31. The standard InChI is InChI=1S/C23H25N5OS2/c1-15-4-6-17(7-5-15)19-16(2)31-22-20(19)21(29)25-18(26-22)14-27-9-3-10-28(12-11-27)23-24-8-13-30-23/h4-8,13H,3,9-12,14H2,1-2H3,(H,25,26,29). The van der Waals surface area contributed by atoms with Crippen molar-refractivity contribution in [2.24, 2.45) is 0 Å². The van der Waals surface area contributed by atoms with E-state index in [1.165, 1.54) is 5.56 Å². The molecular weight excluding hydrogens is 426 g/mol. The molecule has 0 aliphatic carbocycles. The molecule has 0 amide bonds. The molecule has 5 rings (SSSR count). The summed E-state index contributed by atoms with van der Waals surface area (Å²) in [6.45, 7) is 8.67. The van der Waals surface area contributed by atoms with Crippen LogP contribution in [0.3, 0.4) is 0 Å². The van der Waals surface area contributed by atoms with Crippen molar-refractivity contribution in [3.8, 4) is 11.1 Å². The van der Waals surface area contributed by atoms with Gasteiger partial charge in [0.1, 0.15) is 10.7 Å². The van der Waals surface area contributed by atoms with Crippen LogP contribution in [0, 0.1) is 13.8 Å². The van der Waals surface area contributed by atoms with Crippen molar-refractivity contribution in [3.63, 3.8) is 0 Å². The highest BCUT2D eigenvalue weighted by Crippen LogP contribution is 2.35. The second kappa shape index (κ2) is 8.53. The number of H-pyrrole nitrogens is 1. The van der Waals surface area contributed by atoms with Crippen molar-refractivity contribution in [1.29, 1.82) is 0 Å². The molecule has 0 unspecified atom stereocenters. The highest BCUT2D eigenvalue weighted by molar-refractivity contribution is 7.19. The summed E-state index contributed by atoms with van der Waals surface area (Å²) in [5.41, 5.74) is 3.25. The molecule has 4 heterocycles. The van der Waals surface area contributed by atoms with Gasteiger partial charge in [0, 0.05) is 48.2 Å². The van der Waals surface area contributed by atoms with Gasteiger partial charge in [0.05, 0.1) is 11.9 Å². The molecule has 3 aromatic heterocycles. The highest BCUT2D eigenvalue weighted by Gasteiger charge is 2.20. The van der Waals surface area contributed by atoms with Gasteiger partial charge in [-0.3, -0.25) is 9.69 Å². The Morgan fingerprint density at radius 1 is 1.10 bits per heavy atom. The molecule has 0 atom stereocenters. The fraction of sp³-hybridized carbons (Fsp3) is 0.348. The van der Waals surface area contributed by atoms with Gasteiger partial charge < -0.3 is 9.88 Å². The Balaban J connectivity index is 1.39. The molecule has 0 saturated carbocycles. The third kappa shape index (κ3) is 4.15. The molecule has 1 aromatic carbocycles. The normalized spacial score (nSPS) is 15.5. The first kappa shape index (κ1) is 20.4. The number of aromatic amines is 1. The summed E-state index contributed by atoms with van der Waals surface area (Å²) in [5.74, 6) is 0.747. The van der Waals surface area contributed by atoms with Crippen LogP contribution < -0.4 is 10.5 Å². The van der Waals surface area contributed by atoms with Gasteiger partial charge >= 0.3 is 0 Å². The number of rotatable bonds is 4. The summed E-state index contributed by atoms with van der Waals surface area (Å²) in [7, 11) is 0. The summed E-state index contributed by atoms with van der Waals surface area (Å²) in [5, 5.41) is 3.82. The van der Waals surface area contributed by atoms with E-state index in [0.29, 0.717) is 11.9 Å². The van der Waals surface area contributed by atoms with Crippen LogP contribution in [0.1, 0.15) is 22.7 Å². The fourth-order valence-corrected chi connectivity index (χ4v) is 5.97. The number of hydrogen-bond acceptors (Lipinski definition) is 7. The maximum atomic E-state index is 13.1. The highest BCUT2D eigenvalue weighted by atomic mass is 32.1. The van der Waals surface area contributed by atoms with Gasteiger partial charge in [-0.15, -0.1) is 22.7 Å². The third-order valence-electron chi connectivity index (χ3n) is 5.78. The first-order chi connectivity index (χ1) is 15.1. The second-order valence-electron chi connectivity index (χ2n) is 8.02. The van der Waals surface area contributed by atoms with E-state index in [1.807, 2.05) is 11.6 Å². The summed E-state index contributed by atoms with van der Waals surface area (Å²) in [4.78, 5) is 32.1. The number of benzene rings is 1. The number of thiazole rings is 1. The molecule has 1 N–H and O–H groups in total. The lowest BCUT2D eigenvalue weighted by Gasteiger charge is -2.21. The summed E-state index contributed by atoms with van der Waals surface area (Å²) in [6.07, 6.45) is 2.93. The van der Waals surface area contributed by atoms with Gasteiger partial charge in [-0.1, -0.05) is 29.8 Å². The van der Waals surface area contributed by atoms with E-state index < -0.39 is 0 Å². The summed E-state index contributed by atoms with van der Waals surface area (Å²) < 4.78 is 0. The van der Waals surface area contributed by atoms with Crippen molar-refractivity contribution in [1.82, 2.24) is 19.9 Å². The molecule has 4 aromatic rings. The zero-order chi connectivity index (χ0) is 21.4. The Morgan fingerprint density at radius 3 is 2.71 bits per heavy atom. The molecule has 8 heteroatoms. The Hall–Kier alpha value is -2.55. The van der Waals surface area contributed by atoms with E-state index in [0.717, 1.165) is 64.4 Å². The predicted octanol–water partition coefficient (Wildman–Crippen LogP) is 4.44. The minimum atomic E-state index is -0.0424. The Labute approximate surface area is 189 Å². The van der Waals surface area contributed by atoms with Crippen LogP contribution in [0.5, 0.6) is 0 Å². The minimum absolute atomic E-state index is 0.0424. The quantitative estimate of drug-likeness (QED) is 0.497. The smallest absolute Gasteiger partial charge is 0.260 e. The van der Waals surface area contributed by atoms with Gasteiger partial charge in [0.2, 0.25) is 0 Å². The first-order valence-corrected chi connectivity index (χ1v) is 12.2. The molecule has 0 spiro atoms. The van der Waals surface area contributed by atoms with Crippen molar-refractivity contribution < 1.29 is 0 Å². The first-order valence-electron chi connectivity index (χ1n) is 10.5. The van der Waals surface area contributed by atoms with Crippen LogP contribution in [0.25, 0.3) is 21.3 Å². The largest absolute Gasteiger partial charge is 0.347 e. The fourth-order valence-electron chi connectivity index (χ4n) is 4.21. The third-order valence-corrected chi connectivity index (χ3v) is 7.61. The topological polar surface area (TPSA) is 65.1 Å². The molecule has 1 aliphatic heterocycles.